The van der Waals surface area contributed by atoms with Crippen molar-refractivity contribution < 1.29 is 14.1 Å². The van der Waals surface area contributed by atoms with E-state index < -0.39 is 0 Å². The van der Waals surface area contributed by atoms with E-state index in [4.69, 9.17) is 9.26 Å². The Labute approximate surface area is 144 Å². The Hall–Kier alpha value is -1.56. The summed E-state index contributed by atoms with van der Waals surface area (Å²) in [5, 5.41) is 3.77. The van der Waals surface area contributed by atoms with Gasteiger partial charge in [0.25, 0.3) is 5.88 Å². The highest BCUT2D eigenvalue weighted by Crippen LogP contribution is 2.31. The van der Waals surface area contributed by atoms with Crippen LogP contribution in [0.25, 0.3) is 0 Å². The molecule has 134 valence electrons. The first-order chi connectivity index (χ1) is 11.7. The van der Waals surface area contributed by atoms with Crippen molar-refractivity contribution in [3.05, 3.63) is 11.8 Å². The molecule has 0 spiro atoms. The van der Waals surface area contributed by atoms with E-state index in [0.717, 1.165) is 6.54 Å². The number of rotatable bonds is 6. The quantitative estimate of drug-likeness (QED) is 0.798. The maximum absolute atomic E-state index is 12.4. The SMILES string of the molecule is COc1cc(CCC(=O)N(C)C[C@H]2CCCN3CCCC[C@@H]23)on1. The zero-order valence-corrected chi connectivity index (χ0v) is 14.9. The van der Waals surface area contributed by atoms with Crippen LogP contribution in [0.4, 0.5) is 0 Å². The number of ether oxygens (including phenoxy) is 1. The summed E-state index contributed by atoms with van der Waals surface area (Å²) in [5.74, 6) is 1.96. The van der Waals surface area contributed by atoms with Crippen molar-refractivity contribution >= 4 is 5.91 Å². The van der Waals surface area contributed by atoms with Crippen molar-refractivity contribution in [3.63, 3.8) is 0 Å². The second-order valence-corrected chi connectivity index (χ2v) is 7.11. The third-order valence-electron chi connectivity index (χ3n) is 5.49. The molecule has 3 heterocycles. The summed E-state index contributed by atoms with van der Waals surface area (Å²) < 4.78 is 10.1. The first kappa shape index (κ1) is 17.3. The number of nitrogens with zero attached hydrogens (tertiary/aromatic N) is 3. The Balaban J connectivity index is 1.48. The molecule has 0 radical (unpaired) electrons. The first-order valence-corrected chi connectivity index (χ1v) is 9.15. The largest absolute Gasteiger partial charge is 0.479 e. The van der Waals surface area contributed by atoms with Crippen molar-refractivity contribution in [3.8, 4) is 5.88 Å². The van der Waals surface area contributed by atoms with Crippen LogP contribution in [0.3, 0.4) is 0 Å². The zero-order valence-electron chi connectivity index (χ0n) is 14.9. The van der Waals surface area contributed by atoms with Gasteiger partial charge in [-0.05, 0) is 49.8 Å². The third kappa shape index (κ3) is 4.09. The van der Waals surface area contributed by atoms with Gasteiger partial charge in [0.2, 0.25) is 5.91 Å². The average molecular weight is 335 g/mol. The fourth-order valence-electron chi connectivity index (χ4n) is 4.17. The van der Waals surface area contributed by atoms with Gasteiger partial charge in [-0.1, -0.05) is 6.42 Å². The number of piperidine rings is 2. The van der Waals surface area contributed by atoms with Crippen LogP contribution in [0.2, 0.25) is 0 Å². The van der Waals surface area contributed by atoms with E-state index in [2.05, 4.69) is 10.1 Å². The molecule has 6 nitrogen and oxygen atoms in total. The Bertz CT molecular complexity index is 543. The summed E-state index contributed by atoms with van der Waals surface area (Å²) in [7, 11) is 3.49. The molecule has 1 aromatic rings. The zero-order chi connectivity index (χ0) is 16.9. The van der Waals surface area contributed by atoms with Crippen LogP contribution in [-0.4, -0.2) is 60.7 Å². The van der Waals surface area contributed by atoms with Crippen LogP contribution in [0.1, 0.15) is 44.3 Å². The van der Waals surface area contributed by atoms with Crippen molar-refractivity contribution in [2.24, 2.45) is 5.92 Å². The maximum atomic E-state index is 12.4. The van der Waals surface area contributed by atoms with Gasteiger partial charge in [-0.3, -0.25) is 4.79 Å². The number of carbonyl (C=O) groups is 1. The number of aromatic nitrogens is 1. The lowest BCUT2D eigenvalue weighted by molar-refractivity contribution is -0.131. The van der Waals surface area contributed by atoms with Gasteiger partial charge in [0.1, 0.15) is 5.76 Å². The van der Waals surface area contributed by atoms with Crippen LogP contribution in [0, 0.1) is 5.92 Å². The molecule has 24 heavy (non-hydrogen) atoms. The third-order valence-corrected chi connectivity index (χ3v) is 5.49. The molecule has 2 aliphatic heterocycles. The molecule has 2 aliphatic rings. The van der Waals surface area contributed by atoms with Gasteiger partial charge in [0, 0.05) is 38.5 Å². The smallest absolute Gasteiger partial charge is 0.254 e. The number of hydrogen-bond acceptors (Lipinski definition) is 5. The highest BCUT2D eigenvalue weighted by Gasteiger charge is 2.33. The van der Waals surface area contributed by atoms with Crippen LogP contribution in [0.15, 0.2) is 10.6 Å². The van der Waals surface area contributed by atoms with Gasteiger partial charge in [-0.2, -0.15) is 0 Å². The predicted molar refractivity (Wildman–Crippen MR) is 90.9 cm³/mol. The van der Waals surface area contributed by atoms with Crippen LogP contribution < -0.4 is 4.74 Å². The molecular weight excluding hydrogens is 306 g/mol. The minimum absolute atomic E-state index is 0.179. The second-order valence-electron chi connectivity index (χ2n) is 7.11. The van der Waals surface area contributed by atoms with Gasteiger partial charge in [-0.25, -0.2) is 0 Å². The normalized spacial score (nSPS) is 24.4. The highest BCUT2D eigenvalue weighted by atomic mass is 16.5. The van der Waals surface area contributed by atoms with Gasteiger partial charge in [0.15, 0.2) is 0 Å². The van der Waals surface area contributed by atoms with Gasteiger partial charge < -0.3 is 19.1 Å². The molecule has 1 amide bonds. The van der Waals surface area contributed by atoms with E-state index in [0.29, 0.717) is 36.4 Å². The van der Waals surface area contributed by atoms with E-state index in [-0.39, 0.29) is 5.91 Å². The summed E-state index contributed by atoms with van der Waals surface area (Å²) in [6.07, 6.45) is 7.50. The molecule has 0 bridgehead atoms. The lowest BCUT2D eigenvalue weighted by Crippen LogP contribution is -2.51. The number of methoxy groups -OCH3 is 1. The van der Waals surface area contributed by atoms with E-state index >= 15 is 0 Å². The Morgan fingerprint density at radius 1 is 1.38 bits per heavy atom. The molecule has 2 saturated heterocycles. The summed E-state index contributed by atoms with van der Waals surface area (Å²) in [4.78, 5) is 17.0. The molecule has 0 aliphatic carbocycles. The number of carbonyl (C=O) groups excluding carboxylic acids is 1. The van der Waals surface area contributed by atoms with Crippen molar-refractivity contribution in [2.45, 2.75) is 51.0 Å². The van der Waals surface area contributed by atoms with E-state index in [1.165, 1.54) is 45.2 Å². The molecular formula is C18H29N3O3. The monoisotopic (exact) mass is 335 g/mol. The van der Waals surface area contributed by atoms with Crippen LogP contribution >= 0.6 is 0 Å². The molecule has 2 fully saturated rings. The topological polar surface area (TPSA) is 58.8 Å². The first-order valence-electron chi connectivity index (χ1n) is 9.15. The lowest BCUT2D eigenvalue weighted by atomic mass is 9.83. The van der Waals surface area contributed by atoms with Crippen molar-refractivity contribution in [1.82, 2.24) is 15.0 Å². The predicted octanol–water partition coefficient (Wildman–Crippen LogP) is 2.34. The van der Waals surface area contributed by atoms with Gasteiger partial charge in [-0.15, -0.1) is 0 Å². The minimum Gasteiger partial charge on any atom is -0.479 e. The molecule has 2 atom stereocenters. The van der Waals surface area contributed by atoms with E-state index in [1.807, 2.05) is 11.9 Å². The van der Waals surface area contributed by atoms with Gasteiger partial charge in [0.05, 0.1) is 7.11 Å². The van der Waals surface area contributed by atoms with Gasteiger partial charge >= 0.3 is 0 Å². The minimum atomic E-state index is 0.179. The number of amides is 1. The van der Waals surface area contributed by atoms with E-state index in [9.17, 15) is 4.79 Å². The molecule has 0 unspecified atom stereocenters. The Kier molecular flexibility index (Phi) is 5.76. The summed E-state index contributed by atoms with van der Waals surface area (Å²) in [5.41, 5.74) is 0. The summed E-state index contributed by atoms with van der Waals surface area (Å²) in [6, 6.07) is 2.43. The number of fused-ring (bicyclic) bond motifs is 1. The maximum Gasteiger partial charge on any atom is 0.254 e. The molecule has 6 heteroatoms. The summed E-state index contributed by atoms with van der Waals surface area (Å²) in [6.45, 7) is 3.36. The van der Waals surface area contributed by atoms with Crippen molar-refractivity contribution in [2.75, 3.05) is 33.8 Å². The second kappa shape index (κ2) is 8.01. The Morgan fingerprint density at radius 2 is 2.21 bits per heavy atom. The molecule has 0 aromatic carbocycles. The standard InChI is InChI=1S/C18H29N3O3/c1-20(18(22)9-8-15-12-17(23-2)19-24-15)13-14-6-5-11-21-10-4-3-7-16(14)21/h12,14,16H,3-11,13H2,1-2H3/t14-,16+/m1/s1. The fourth-order valence-corrected chi connectivity index (χ4v) is 4.17. The molecule has 1 aromatic heterocycles. The fraction of sp³-hybridized carbons (Fsp3) is 0.778. The highest BCUT2D eigenvalue weighted by molar-refractivity contribution is 5.76. The van der Waals surface area contributed by atoms with Crippen LogP contribution in [-0.2, 0) is 11.2 Å². The average Bonchev–Trinajstić information content (AvgIpc) is 3.08. The number of hydrogen-bond donors (Lipinski definition) is 0. The number of aryl methyl sites for hydroxylation is 1. The summed E-state index contributed by atoms with van der Waals surface area (Å²) >= 11 is 0. The van der Waals surface area contributed by atoms with E-state index in [1.54, 1.807) is 13.2 Å². The molecule has 0 N–H and O–H groups in total. The van der Waals surface area contributed by atoms with Crippen LogP contribution in [0.5, 0.6) is 5.88 Å². The lowest BCUT2D eigenvalue weighted by Gasteiger charge is -2.45. The Morgan fingerprint density at radius 3 is 3.00 bits per heavy atom. The van der Waals surface area contributed by atoms with Crippen molar-refractivity contribution in [1.29, 1.82) is 0 Å². The molecule has 3 rings (SSSR count). The molecule has 0 saturated carbocycles.